The zero-order valence-electron chi connectivity index (χ0n) is 8.68. The van der Waals surface area contributed by atoms with Crippen molar-refractivity contribution in [3.05, 3.63) is 16.1 Å². The van der Waals surface area contributed by atoms with Gasteiger partial charge in [0.1, 0.15) is 0 Å². The molecule has 3 nitrogen and oxygen atoms in total. The molecule has 78 valence electrons. The number of halogens is 1. The summed E-state index contributed by atoms with van der Waals surface area (Å²) in [6.07, 6.45) is 0. The van der Waals surface area contributed by atoms with Crippen LogP contribution in [0.2, 0.25) is 0 Å². The Balaban J connectivity index is 3.43. The fourth-order valence-electron chi connectivity index (χ4n) is 1.34. The summed E-state index contributed by atoms with van der Waals surface area (Å²) in [7, 11) is 4.79. The Morgan fingerprint density at radius 1 is 0.929 bits per heavy atom. The highest BCUT2D eigenvalue weighted by Crippen LogP contribution is 2.44. The molecule has 0 atom stereocenters. The van der Waals surface area contributed by atoms with E-state index in [0.717, 1.165) is 10.0 Å². The van der Waals surface area contributed by atoms with E-state index < -0.39 is 0 Å². The third-order valence-electron chi connectivity index (χ3n) is 1.94. The van der Waals surface area contributed by atoms with E-state index in [1.54, 1.807) is 21.3 Å². The molecule has 1 rings (SSSR count). The first-order valence-electron chi connectivity index (χ1n) is 4.10. The minimum atomic E-state index is 0.613. The van der Waals surface area contributed by atoms with Crippen LogP contribution in [0.4, 0.5) is 0 Å². The maximum atomic E-state index is 5.24. The summed E-state index contributed by atoms with van der Waals surface area (Å²) in [6, 6.07) is 1.93. The number of hydrogen-bond acceptors (Lipinski definition) is 3. The maximum absolute atomic E-state index is 5.24. The number of benzene rings is 1. The standard InChI is InChI=1S/C10H13BrO3/c1-6-5-7(11)9(13-3)10(14-4)8(6)12-2/h5H,1-4H3. The van der Waals surface area contributed by atoms with Crippen molar-refractivity contribution in [2.75, 3.05) is 21.3 Å². The molecule has 0 fully saturated rings. The molecule has 0 aliphatic heterocycles. The summed E-state index contributed by atoms with van der Waals surface area (Å²) in [5.74, 6) is 1.96. The van der Waals surface area contributed by atoms with Crippen LogP contribution < -0.4 is 14.2 Å². The van der Waals surface area contributed by atoms with E-state index in [-0.39, 0.29) is 0 Å². The summed E-state index contributed by atoms with van der Waals surface area (Å²) in [5, 5.41) is 0. The Bertz CT molecular complexity index is 308. The molecular formula is C10H13BrO3. The largest absolute Gasteiger partial charge is 0.492 e. The Morgan fingerprint density at radius 3 is 1.86 bits per heavy atom. The van der Waals surface area contributed by atoms with E-state index >= 15 is 0 Å². The van der Waals surface area contributed by atoms with Crippen LogP contribution in [0, 0.1) is 6.92 Å². The fourth-order valence-corrected chi connectivity index (χ4v) is 2.03. The average molecular weight is 261 g/mol. The number of ether oxygens (including phenoxy) is 3. The molecule has 1 aromatic rings. The van der Waals surface area contributed by atoms with Gasteiger partial charge in [0.15, 0.2) is 11.5 Å². The lowest BCUT2D eigenvalue weighted by molar-refractivity contribution is 0.321. The second kappa shape index (κ2) is 4.55. The predicted molar refractivity (Wildman–Crippen MR) is 58.5 cm³/mol. The van der Waals surface area contributed by atoms with Crippen LogP contribution in [0.25, 0.3) is 0 Å². The van der Waals surface area contributed by atoms with Crippen LogP contribution in [0.1, 0.15) is 5.56 Å². The third-order valence-corrected chi connectivity index (χ3v) is 2.53. The molecule has 0 saturated carbocycles. The molecule has 0 aliphatic carbocycles. The molecule has 0 amide bonds. The van der Waals surface area contributed by atoms with Gasteiger partial charge >= 0.3 is 0 Å². The summed E-state index contributed by atoms with van der Waals surface area (Å²) < 4.78 is 16.5. The minimum Gasteiger partial charge on any atom is -0.492 e. The zero-order chi connectivity index (χ0) is 10.7. The van der Waals surface area contributed by atoms with Crippen molar-refractivity contribution in [2.45, 2.75) is 6.92 Å². The molecule has 14 heavy (non-hydrogen) atoms. The maximum Gasteiger partial charge on any atom is 0.204 e. The summed E-state index contributed by atoms with van der Waals surface area (Å²) >= 11 is 3.40. The molecule has 4 heteroatoms. The first kappa shape index (κ1) is 11.2. The van der Waals surface area contributed by atoms with Crippen molar-refractivity contribution in [3.63, 3.8) is 0 Å². The first-order valence-corrected chi connectivity index (χ1v) is 4.90. The second-order valence-electron chi connectivity index (χ2n) is 2.78. The number of methoxy groups -OCH3 is 3. The van der Waals surface area contributed by atoms with Crippen molar-refractivity contribution < 1.29 is 14.2 Å². The van der Waals surface area contributed by atoms with Crippen molar-refractivity contribution in [1.29, 1.82) is 0 Å². The SMILES string of the molecule is COc1c(C)cc(Br)c(OC)c1OC. The van der Waals surface area contributed by atoms with E-state index in [9.17, 15) is 0 Å². The highest BCUT2D eigenvalue weighted by molar-refractivity contribution is 9.10. The van der Waals surface area contributed by atoms with Gasteiger partial charge in [0, 0.05) is 0 Å². The summed E-state index contributed by atoms with van der Waals surface area (Å²) in [4.78, 5) is 0. The predicted octanol–water partition coefficient (Wildman–Crippen LogP) is 2.78. The van der Waals surface area contributed by atoms with E-state index in [1.807, 2.05) is 13.0 Å². The first-order chi connectivity index (χ1) is 6.65. The van der Waals surface area contributed by atoms with Gasteiger partial charge in [0.25, 0.3) is 0 Å². The van der Waals surface area contributed by atoms with Gasteiger partial charge in [-0.3, -0.25) is 0 Å². The second-order valence-corrected chi connectivity index (χ2v) is 3.63. The molecule has 0 aliphatic rings. The monoisotopic (exact) mass is 260 g/mol. The van der Waals surface area contributed by atoms with Gasteiger partial charge in [0.2, 0.25) is 5.75 Å². The Kier molecular flexibility index (Phi) is 3.63. The van der Waals surface area contributed by atoms with Gasteiger partial charge < -0.3 is 14.2 Å². The number of rotatable bonds is 3. The lowest BCUT2D eigenvalue weighted by atomic mass is 10.2. The zero-order valence-corrected chi connectivity index (χ0v) is 10.3. The molecule has 0 radical (unpaired) electrons. The average Bonchev–Trinajstić information content (AvgIpc) is 2.16. The lowest BCUT2D eigenvalue weighted by Gasteiger charge is -2.15. The highest BCUT2D eigenvalue weighted by Gasteiger charge is 2.16. The van der Waals surface area contributed by atoms with Gasteiger partial charge in [-0.2, -0.15) is 0 Å². The molecule has 0 N–H and O–H groups in total. The molecule has 0 spiro atoms. The van der Waals surface area contributed by atoms with Gasteiger partial charge in [0.05, 0.1) is 25.8 Å². The van der Waals surface area contributed by atoms with Gasteiger partial charge in [-0.25, -0.2) is 0 Å². The van der Waals surface area contributed by atoms with Crippen molar-refractivity contribution in [2.24, 2.45) is 0 Å². The highest BCUT2D eigenvalue weighted by atomic mass is 79.9. The molecular weight excluding hydrogens is 248 g/mol. The quantitative estimate of drug-likeness (QED) is 0.837. The van der Waals surface area contributed by atoms with Crippen molar-refractivity contribution in [1.82, 2.24) is 0 Å². The Labute approximate surface area is 92.1 Å². The Morgan fingerprint density at radius 2 is 1.43 bits per heavy atom. The van der Waals surface area contributed by atoms with Gasteiger partial charge in [-0.1, -0.05) is 0 Å². The smallest absolute Gasteiger partial charge is 0.204 e. The molecule has 0 bridgehead atoms. The van der Waals surface area contributed by atoms with Crippen molar-refractivity contribution >= 4 is 15.9 Å². The van der Waals surface area contributed by atoms with Crippen LogP contribution in [-0.2, 0) is 0 Å². The van der Waals surface area contributed by atoms with Crippen LogP contribution in [0.5, 0.6) is 17.2 Å². The van der Waals surface area contributed by atoms with Crippen molar-refractivity contribution in [3.8, 4) is 17.2 Å². The topological polar surface area (TPSA) is 27.7 Å². The van der Waals surface area contributed by atoms with E-state index in [4.69, 9.17) is 14.2 Å². The molecule has 0 saturated heterocycles. The molecule has 0 unspecified atom stereocenters. The third kappa shape index (κ3) is 1.80. The lowest BCUT2D eigenvalue weighted by Crippen LogP contribution is -1.97. The summed E-state index contributed by atoms with van der Waals surface area (Å²) in [6.45, 7) is 1.95. The van der Waals surface area contributed by atoms with Crippen LogP contribution in [0.15, 0.2) is 10.5 Å². The molecule has 0 aromatic heterocycles. The van der Waals surface area contributed by atoms with E-state index in [0.29, 0.717) is 17.2 Å². The van der Waals surface area contributed by atoms with Crippen LogP contribution in [0.3, 0.4) is 0 Å². The fraction of sp³-hybridized carbons (Fsp3) is 0.400. The van der Waals surface area contributed by atoms with E-state index in [2.05, 4.69) is 15.9 Å². The molecule has 1 aromatic carbocycles. The van der Waals surface area contributed by atoms with E-state index in [1.165, 1.54) is 0 Å². The number of hydrogen-bond donors (Lipinski definition) is 0. The number of aryl methyl sites for hydroxylation is 1. The Hall–Kier alpha value is -0.900. The van der Waals surface area contributed by atoms with Crippen LogP contribution in [-0.4, -0.2) is 21.3 Å². The minimum absolute atomic E-state index is 0.613. The van der Waals surface area contributed by atoms with Gasteiger partial charge in [-0.05, 0) is 34.5 Å². The summed E-state index contributed by atoms with van der Waals surface area (Å²) in [5.41, 5.74) is 0.997. The van der Waals surface area contributed by atoms with Crippen LogP contribution >= 0.6 is 15.9 Å². The van der Waals surface area contributed by atoms with Gasteiger partial charge in [-0.15, -0.1) is 0 Å². The normalized spacial score (nSPS) is 9.79. The molecule has 0 heterocycles.